The van der Waals surface area contributed by atoms with Gasteiger partial charge in [0, 0.05) is 55.9 Å². The lowest BCUT2D eigenvalue weighted by Crippen LogP contribution is -2.47. The summed E-state index contributed by atoms with van der Waals surface area (Å²) in [5.41, 5.74) is 6.85. The van der Waals surface area contributed by atoms with Gasteiger partial charge in [0.15, 0.2) is 0 Å². The Hall–Kier alpha value is -1.30. The van der Waals surface area contributed by atoms with Crippen molar-refractivity contribution >= 4 is 23.2 Å². The van der Waals surface area contributed by atoms with E-state index in [9.17, 15) is 4.79 Å². The molecular weight excluding hydrogens is 324 g/mol. The van der Waals surface area contributed by atoms with E-state index in [0.717, 1.165) is 57.1 Å². The van der Waals surface area contributed by atoms with Crippen LogP contribution in [0, 0.1) is 0 Å². The maximum Gasteiger partial charge on any atom is 0.220 e. The number of amides is 1. The molecule has 0 spiro atoms. The Labute approximate surface area is 150 Å². The van der Waals surface area contributed by atoms with Crippen molar-refractivity contribution in [1.29, 1.82) is 0 Å². The highest BCUT2D eigenvalue weighted by Gasteiger charge is 2.16. The molecule has 6 heteroatoms. The number of nitrogens with one attached hydrogen (secondary N) is 1. The summed E-state index contributed by atoms with van der Waals surface area (Å²) in [5.74, 6) is 0.109. The Kier molecular flexibility index (Phi) is 7.82. The van der Waals surface area contributed by atoms with E-state index >= 15 is 0 Å². The molecule has 1 aromatic carbocycles. The minimum absolute atomic E-state index is 0.0894. The van der Waals surface area contributed by atoms with E-state index in [0.29, 0.717) is 6.42 Å². The maximum atomic E-state index is 11.6. The zero-order valence-electron chi connectivity index (χ0n) is 14.5. The zero-order valence-corrected chi connectivity index (χ0v) is 15.3. The average Bonchev–Trinajstić information content (AvgIpc) is 2.57. The number of hydrogen-bond donors (Lipinski definition) is 2. The van der Waals surface area contributed by atoms with Crippen LogP contribution in [0.1, 0.15) is 26.2 Å². The highest BCUT2D eigenvalue weighted by atomic mass is 35.5. The molecule has 0 aromatic heterocycles. The van der Waals surface area contributed by atoms with Crippen molar-refractivity contribution in [3.05, 3.63) is 29.3 Å². The number of rotatable bonds is 8. The molecule has 1 saturated heterocycles. The molecule has 1 heterocycles. The summed E-state index contributed by atoms with van der Waals surface area (Å²) in [6, 6.07) is 8.13. The van der Waals surface area contributed by atoms with Gasteiger partial charge >= 0.3 is 0 Å². The molecule has 3 N–H and O–H groups in total. The van der Waals surface area contributed by atoms with E-state index in [1.165, 1.54) is 5.69 Å². The van der Waals surface area contributed by atoms with Gasteiger partial charge in [-0.1, -0.05) is 17.7 Å². The number of carbonyl (C=O) groups excluding carboxylic acids is 1. The fourth-order valence-corrected chi connectivity index (χ4v) is 3.06. The SMILES string of the molecule is CC(N)CCC(=O)NCCCN1CCN(c2cccc(Cl)c2)CC1. The molecule has 0 radical (unpaired) electrons. The smallest absolute Gasteiger partial charge is 0.220 e. The van der Waals surface area contributed by atoms with Crippen molar-refractivity contribution in [2.75, 3.05) is 44.2 Å². The van der Waals surface area contributed by atoms with Crippen molar-refractivity contribution in [3.63, 3.8) is 0 Å². The third-order valence-electron chi connectivity index (χ3n) is 4.35. The predicted molar refractivity (Wildman–Crippen MR) is 101 cm³/mol. The monoisotopic (exact) mass is 352 g/mol. The van der Waals surface area contributed by atoms with Crippen LogP contribution in [-0.2, 0) is 4.79 Å². The van der Waals surface area contributed by atoms with Gasteiger partial charge in [-0.3, -0.25) is 9.69 Å². The van der Waals surface area contributed by atoms with Gasteiger partial charge in [-0.15, -0.1) is 0 Å². The average molecular weight is 353 g/mol. The van der Waals surface area contributed by atoms with Gasteiger partial charge in [-0.2, -0.15) is 0 Å². The molecule has 1 fully saturated rings. The third-order valence-corrected chi connectivity index (χ3v) is 4.58. The molecule has 5 nitrogen and oxygen atoms in total. The van der Waals surface area contributed by atoms with Crippen LogP contribution in [0.5, 0.6) is 0 Å². The summed E-state index contributed by atoms with van der Waals surface area (Å²) in [6.45, 7) is 7.82. The van der Waals surface area contributed by atoms with Crippen LogP contribution < -0.4 is 16.0 Å². The van der Waals surface area contributed by atoms with Crippen LogP contribution in [0.3, 0.4) is 0 Å². The van der Waals surface area contributed by atoms with Crippen LogP contribution in [-0.4, -0.2) is 56.1 Å². The van der Waals surface area contributed by atoms with Gasteiger partial charge in [0.05, 0.1) is 0 Å². The second-order valence-electron chi connectivity index (χ2n) is 6.53. The van der Waals surface area contributed by atoms with Gasteiger partial charge in [0.1, 0.15) is 0 Å². The highest BCUT2D eigenvalue weighted by molar-refractivity contribution is 6.30. The predicted octanol–water partition coefficient (Wildman–Crippen LogP) is 2.10. The second-order valence-corrected chi connectivity index (χ2v) is 6.96. The van der Waals surface area contributed by atoms with Gasteiger partial charge in [0.25, 0.3) is 0 Å². The number of nitrogens with zero attached hydrogens (tertiary/aromatic N) is 2. The van der Waals surface area contributed by atoms with Gasteiger partial charge < -0.3 is 16.0 Å². The molecule has 1 amide bonds. The molecule has 0 bridgehead atoms. The molecule has 2 rings (SSSR count). The summed E-state index contributed by atoms with van der Waals surface area (Å²) in [5, 5.41) is 3.76. The van der Waals surface area contributed by atoms with Crippen molar-refractivity contribution < 1.29 is 4.79 Å². The molecule has 0 aliphatic carbocycles. The van der Waals surface area contributed by atoms with Crippen LogP contribution >= 0.6 is 11.6 Å². The molecule has 24 heavy (non-hydrogen) atoms. The minimum Gasteiger partial charge on any atom is -0.369 e. The molecule has 1 aromatic rings. The second kappa shape index (κ2) is 9.87. The fourth-order valence-electron chi connectivity index (χ4n) is 2.88. The lowest BCUT2D eigenvalue weighted by atomic mass is 10.2. The van der Waals surface area contributed by atoms with E-state index in [1.54, 1.807) is 0 Å². The summed E-state index contributed by atoms with van der Waals surface area (Å²) in [7, 11) is 0. The van der Waals surface area contributed by atoms with Crippen LogP contribution in [0.25, 0.3) is 0 Å². The largest absolute Gasteiger partial charge is 0.369 e. The van der Waals surface area contributed by atoms with E-state index in [2.05, 4.69) is 21.2 Å². The molecule has 1 atom stereocenters. The third kappa shape index (κ3) is 6.67. The van der Waals surface area contributed by atoms with Crippen molar-refractivity contribution in [1.82, 2.24) is 10.2 Å². The summed E-state index contributed by atoms with van der Waals surface area (Å²) in [6.07, 6.45) is 2.26. The lowest BCUT2D eigenvalue weighted by molar-refractivity contribution is -0.121. The number of hydrogen-bond acceptors (Lipinski definition) is 4. The number of carbonyl (C=O) groups is 1. The zero-order chi connectivity index (χ0) is 17.4. The first-order chi connectivity index (χ1) is 11.5. The Morgan fingerprint density at radius 3 is 2.75 bits per heavy atom. The Morgan fingerprint density at radius 1 is 1.33 bits per heavy atom. The lowest BCUT2D eigenvalue weighted by Gasteiger charge is -2.36. The number of halogens is 1. The molecular formula is C18H29ClN4O. The van der Waals surface area contributed by atoms with Gasteiger partial charge in [0.2, 0.25) is 5.91 Å². The van der Waals surface area contributed by atoms with Crippen LogP contribution in [0.15, 0.2) is 24.3 Å². The standard InChI is InChI=1S/C18H29ClN4O/c1-15(20)6-7-18(24)21-8-3-9-22-10-12-23(13-11-22)17-5-2-4-16(19)14-17/h2,4-5,14-15H,3,6-13,20H2,1H3,(H,21,24). The topological polar surface area (TPSA) is 61.6 Å². The Balaban J connectivity index is 1.59. The quantitative estimate of drug-likeness (QED) is 0.703. The first-order valence-corrected chi connectivity index (χ1v) is 9.17. The van der Waals surface area contributed by atoms with Crippen molar-refractivity contribution in [2.45, 2.75) is 32.2 Å². The number of nitrogens with two attached hydrogens (primary N) is 1. The molecule has 0 saturated carbocycles. The van der Waals surface area contributed by atoms with Crippen LogP contribution in [0.2, 0.25) is 5.02 Å². The summed E-state index contributed by atoms with van der Waals surface area (Å²) in [4.78, 5) is 16.5. The Bertz CT molecular complexity index is 515. The first kappa shape index (κ1) is 19.0. The number of piperazine rings is 1. The minimum atomic E-state index is 0.0894. The molecule has 1 aliphatic rings. The van der Waals surface area contributed by atoms with E-state index in [4.69, 9.17) is 17.3 Å². The molecule has 1 aliphatic heterocycles. The first-order valence-electron chi connectivity index (χ1n) is 8.80. The van der Waals surface area contributed by atoms with Gasteiger partial charge in [-0.25, -0.2) is 0 Å². The number of benzene rings is 1. The molecule has 1 unspecified atom stereocenters. The van der Waals surface area contributed by atoms with Crippen molar-refractivity contribution in [2.24, 2.45) is 5.73 Å². The van der Waals surface area contributed by atoms with E-state index in [-0.39, 0.29) is 11.9 Å². The normalized spacial score (nSPS) is 16.9. The number of anilines is 1. The van der Waals surface area contributed by atoms with E-state index in [1.807, 2.05) is 25.1 Å². The highest BCUT2D eigenvalue weighted by Crippen LogP contribution is 2.20. The fraction of sp³-hybridized carbons (Fsp3) is 0.611. The van der Waals surface area contributed by atoms with Crippen LogP contribution in [0.4, 0.5) is 5.69 Å². The summed E-state index contributed by atoms with van der Waals surface area (Å²) >= 11 is 6.06. The Morgan fingerprint density at radius 2 is 2.08 bits per heavy atom. The van der Waals surface area contributed by atoms with Crippen molar-refractivity contribution in [3.8, 4) is 0 Å². The molecule has 134 valence electrons. The van der Waals surface area contributed by atoms with Gasteiger partial charge in [-0.05, 0) is 44.5 Å². The summed E-state index contributed by atoms with van der Waals surface area (Å²) < 4.78 is 0. The van der Waals surface area contributed by atoms with E-state index < -0.39 is 0 Å². The maximum absolute atomic E-state index is 11.6.